The normalized spacial score (nSPS) is 12.0. The average Bonchev–Trinajstić information content (AvgIpc) is 3.00. The second kappa shape index (κ2) is 13.5. The number of nitrogens with zero attached hydrogens (tertiary/aromatic N) is 2. The molecule has 25 heavy (non-hydrogen) atoms. The van der Waals surface area contributed by atoms with Crippen molar-refractivity contribution in [2.45, 2.75) is 91.1 Å². The molecular weight excluding hydrogens is 339 g/mol. The Balaban J connectivity index is 2.21. The van der Waals surface area contributed by atoms with Gasteiger partial charge in [0.05, 0.1) is 13.2 Å². The van der Waals surface area contributed by atoms with Gasteiger partial charge < -0.3 is 13.5 Å². The summed E-state index contributed by atoms with van der Waals surface area (Å²) in [4.78, 5) is 0. The predicted octanol–water partition coefficient (Wildman–Crippen LogP) is 5.91. The lowest BCUT2D eigenvalue weighted by Crippen LogP contribution is -1.99. The number of unbranched alkanes of at least 4 members (excludes halogenated alkanes) is 8. The molecule has 1 aromatic rings. The number of aryl methyl sites for hydroxylation is 1. The number of hydrogen-bond acceptors (Lipinski definition) is 6. The van der Waals surface area contributed by atoms with Gasteiger partial charge in [0.25, 0.3) is 0 Å². The Labute approximate surface area is 152 Å². The molecule has 7 heteroatoms. The van der Waals surface area contributed by atoms with Gasteiger partial charge in [-0.3, -0.25) is 4.57 Å². The molecule has 0 bridgehead atoms. The van der Waals surface area contributed by atoms with Gasteiger partial charge in [-0.15, -0.1) is 10.2 Å². The third-order valence-electron chi connectivity index (χ3n) is 3.98. The van der Waals surface area contributed by atoms with Crippen molar-refractivity contribution in [3.05, 3.63) is 11.8 Å². The van der Waals surface area contributed by atoms with Gasteiger partial charge in [0.2, 0.25) is 11.8 Å². The van der Waals surface area contributed by atoms with Gasteiger partial charge in [0, 0.05) is 6.42 Å². The maximum atomic E-state index is 12.4. The van der Waals surface area contributed by atoms with Gasteiger partial charge in [0.15, 0.2) is 0 Å². The van der Waals surface area contributed by atoms with Crippen molar-refractivity contribution in [1.29, 1.82) is 0 Å². The number of hydrogen-bond donors (Lipinski definition) is 0. The van der Waals surface area contributed by atoms with Crippen LogP contribution < -0.4 is 0 Å². The second-order valence-electron chi connectivity index (χ2n) is 6.27. The van der Waals surface area contributed by atoms with E-state index in [-0.39, 0.29) is 6.16 Å². The van der Waals surface area contributed by atoms with E-state index in [9.17, 15) is 4.57 Å². The lowest BCUT2D eigenvalue weighted by atomic mass is 10.1. The summed E-state index contributed by atoms with van der Waals surface area (Å²) in [6.07, 6.45) is 12.4. The molecule has 0 atom stereocenters. The fourth-order valence-corrected chi connectivity index (χ4v) is 4.23. The van der Waals surface area contributed by atoms with E-state index in [4.69, 9.17) is 13.5 Å². The molecule has 0 unspecified atom stereocenters. The topological polar surface area (TPSA) is 74.5 Å². The van der Waals surface area contributed by atoms with Crippen molar-refractivity contribution < 1.29 is 18.0 Å². The minimum atomic E-state index is -3.18. The van der Waals surface area contributed by atoms with Crippen LogP contribution in [0.25, 0.3) is 0 Å². The van der Waals surface area contributed by atoms with Crippen molar-refractivity contribution in [2.75, 3.05) is 13.2 Å². The first kappa shape index (κ1) is 22.3. The van der Waals surface area contributed by atoms with Crippen LogP contribution in [0.5, 0.6) is 0 Å². The minimum absolute atomic E-state index is 0.0411. The van der Waals surface area contributed by atoms with E-state index in [1.165, 1.54) is 51.4 Å². The van der Waals surface area contributed by atoms with Crippen LogP contribution in [0.4, 0.5) is 0 Å². The summed E-state index contributed by atoms with van der Waals surface area (Å²) < 4.78 is 28.5. The second-order valence-corrected chi connectivity index (χ2v) is 8.33. The van der Waals surface area contributed by atoms with Crippen molar-refractivity contribution in [2.24, 2.45) is 0 Å². The van der Waals surface area contributed by atoms with E-state index < -0.39 is 7.60 Å². The molecule has 1 aromatic heterocycles. The zero-order valence-electron chi connectivity index (χ0n) is 16.2. The van der Waals surface area contributed by atoms with Gasteiger partial charge in [-0.2, -0.15) is 0 Å². The smallest absolute Gasteiger partial charge is 0.339 e. The first-order chi connectivity index (χ1) is 12.1. The third-order valence-corrected chi connectivity index (χ3v) is 5.94. The molecule has 0 fully saturated rings. The summed E-state index contributed by atoms with van der Waals surface area (Å²) >= 11 is 0. The quantitative estimate of drug-likeness (QED) is 0.264. The molecular formula is C18H35N2O4P. The zero-order valence-corrected chi connectivity index (χ0v) is 17.1. The molecule has 1 rings (SSSR count). The Kier molecular flexibility index (Phi) is 12.0. The van der Waals surface area contributed by atoms with E-state index in [2.05, 4.69) is 17.1 Å². The molecule has 0 amide bonds. The highest BCUT2D eigenvalue weighted by Gasteiger charge is 2.27. The maximum Gasteiger partial charge on any atom is 0.339 e. The van der Waals surface area contributed by atoms with Crippen LogP contribution >= 0.6 is 7.60 Å². The first-order valence-corrected chi connectivity index (χ1v) is 11.6. The predicted molar refractivity (Wildman–Crippen MR) is 99.8 cm³/mol. The molecule has 1 heterocycles. The SMILES string of the molecule is CCCCCCCCCCCc1nnc(CP(=O)(OCC)OCC)o1. The molecule has 0 aliphatic heterocycles. The molecule has 0 aromatic carbocycles. The first-order valence-electron chi connectivity index (χ1n) is 9.83. The monoisotopic (exact) mass is 374 g/mol. The van der Waals surface area contributed by atoms with Crippen LogP contribution in [0.1, 0.15) is 90.3 Å². The summed E-state index contributed by atoms with van der Waals surface area (Å²) in [6.45, 7) is 6.48. The zero-order chi connectivity index (χ0) is 18.4. The van der Waals surface area contributed by atoms with Crippen LogP contribution in [-0.2, 0) is 26.2 Å². The number of aromatic nitrogens is 2. The molecule has 146 valence electrons. The summed E-state index contributed by atoms with van der Waals surface area (Å²) in [6, 6.07) is 0. The number of rotatable bonds is 16. The highest BCUT2D eigenvalue weighted by Crippen LogP contribution is 2.50. The Hall–Kier alpha value is -0.710. The van der Waals surface area contributed by atoms with Crippen molar-refractivity contribution >= 4 is 7.60 Å². The van der Waals surface area contributed by atoms with Crippen LogP contribution in [0.2, 0.25) is 0 Å². The molecule has 0 N–H and O–H groups in total. The van der Waals surface area contributed by atoms with Gasteiger partial charge in [-0.05, 0) is 20.3 Å². The largest absolute Gasteiger partial charge is 0.425 e. The van der Waals surface area contributed by atoms with Crippen LogP contribution in [0.3, 0.4) is 0 Å². The third kappa shape index (κ3) is 10.1. The van der Waals surface area contributed by atoms with E-state index in [0.29, 0.717) is 25.0 Å². The Morgan fingerprint density at radius 2 is 1.32 bits per heavy atom. The van der Waals surface area contributed by atoms with Crippen molar-refractivity contribution in [1.82, 2.24) is 10.2 Å². The molecule has 0 saturated carbocycles. The van der Waals surface area contributed by atoms with Gasteiger partial charge in [-0.25, -0.2) is 0 Å². The van der Waals surface area contributed by atoms with Crippen LogP contribution in [0, 0.1) is 0 Å². The summed E-state index contributed by atoms with van der Waals surface area (Å²) in [5.74, 6) is 0.939. The van der Waals surface area contributed by atoms with Crippen molar-refractivity contribution in [3.8, 4) is 0 Å². The Morgan fingerprint density at radius 1 is 0.800 bits per heavy atom. The summed E-state index contributed by atoms with van der Waals surface area (Å²) in [5, 5.41) is 8.01. The highest BCUT2D eigenvalue weighted by atomic mass is 31.2. The van der Waals surface area contributed by atoms with Gasteiger partial charge >= 0.3 is 7.60 Å². The van der Waals surface area contributed by atoms with Crippen LogP contribution in [-0.4, -0.2) is 23.4 Å². The molecule has 0 spiro atoms. The van der Waals surface area contributed by atoms with E-state index in [0.717, 1.165) is 12.8 Å². The average molecular weight is 374 g/mol. The molecule has 6 nitrogen and oxygen atoms in total. The van der Waals surface area contributed by atoms with E-state index >= 15 is 0 Å². The molecule has 0 radical (unpaired) electrons. The lowest BCUT2D eigenvalue weighted by Gasteiger charge is -2.14. The Morgan fingerprint density at radius 3 is 1.88 bits per heavy atom. The molecule has 0 saturated heterocycles. The van der Waals surface area contributed by atoms with E-state index in [1.54, 1.807) is 13.8 Å². The van der Waals surface area contributed by atoms with Crippen LogP contribution in [0.15, 0.2) is 4.42 Å². The summed E-state index contributed by atoms with van der Waals surface area (Å²) in [7, 11) is -3.18. The van der Waals surface area contributed by atoms with E-state index in [1.807, 2.05) is 0 Å². The van der Waals surface area contributed by atoms with Gasteiger partial charge in [-0.1, -0.05) is 58.3 Å². The molecule has 0 aliphatic rings. The minimum Gasteiger partial charge on any atom is -0.425 e. The fraction of sp³-hybridized carbons (Fsp3) is 0.889. The fourth-order valence-electron chi connectivity index (χ4n) is 2.73. The molecule has 0 aliphatic carbocycles. The standard InChI is InChI=1S/C18H35N2O4P/c1-4-7-8-9-10-11-12-13-14-15-17-19-20-18(24-17)16-25(21,22-5-2)23-6-3/h4-16H2,1-3H3. The summed E-state index contributed by atoms with van der Waals surface area (Å²) in [5.41, 5.74) is 0. The Bertz CT molecular complexity index is 483. The van der Waals surface area contributed by atoms with Crippen molar-refractivity contribution in [3.63, 3.8) is 0 Å². The lowest BCUT2D eigenvalue weighted by molar-refractivity contribution is 0.216. The highest BCUT2D eigenvalue weighted by molar-refractivity contribution is 7.52. The maximum absolute atomic E-state index is 12.4. The van der Waals surface area contributed by atoms with Gasteiger partial charge in [0.1, 0.15) is 6.16 Å².